The first-order valence-electron chi connectivity index (χ1n) is 14.9. The number of aliphatic hydroxyl groups is 4. The number of carbonyl (C=O) groups is 3. The second-order valence-electron chi connectivity index (χ2n) is 11.4. The number of ether oxygens (including phenoxy) is 4. The summed E-state index contributed by atoms with van der Waals surface area (Å²) in [5.41, 5.74) is 0. The minimum atomic E-state index is -1.28. The van der Waals surface area contributed by atoms with Gasteiger partial charge >= 0.3 is 11.9 Å². The fourth-order valence-corrected chi connectivity index (χ4v) is 6.66. The monoisotopic (exact) mass is 634 g/mol. The van der Waals surface area contributed by atoms with E-state index >= 15 is 0 Å². The Kier molecular flexibility index (Phi) is 13.4. The van der Waals surface area contributed by atoms with Crippen LogP contribution in [-0.2, 0) is 33.3 Å². The van der Waals surface area contributed by atoms with Gasteiger partial charge in [0.05, 0.1) is 37.5 Å². The predicted molar refractivity (Wildman–Crippen MR) is 153 cm³/mol. The van der Waals surface area contributed by atoms with Crippen LogP contribution in [0.4, 0.5) is 0 Å². The van der Waals surface area contributed by atoms with Crippen molar-refractivity contribution in [3.63, 3.8) is 0 Å². The van der Waals surface area contributed by atoms with E-state index in [0.717, 1.165) is 51.0 Å². The van der Waals surface area contributed by atoms with E-state index in [1.165, 1.54) is 6.92 Å². The number of esters is 2. The van der Waals surface area contributed by atoms with Crippen molar-refractivity contribution < 1.29 is 53.8 Å². The Morgan fingerprint density at radius 2 is 1.26 bits per heavy atom. The molecule has 4 rings (SSSR count). The highest BCUT2D eigenvalue weighted by Gasteiger charge is 2.43. The van der Waals surface area contributed by atoms with Crippen molar-refractivity contribution in [3.8, 4) is 0 Å². The van der Waals surface area contributed by atoms with Crippen LogP contribution < -0.4 is 10.6 Å². The smallest absolute Gasteiger partial charge is 0.319 e. The highest BCUT2D eigenvalue weighted by molar-refractivity contribution is 8.01. The Morgan fingerprint density at radius 1 is 0.791 bits per heavy atom. The summed E-state index contributed by atoms with van der Waals surface area (Å²) in [5, 5.41) is 48.0. The Hall–Kier alpha value is -1.44. The first-order chi connectivity index (χ1) is 20.7. The number of hydrogen-bond acceptors (Lipinski definition) is 16. The number of carbonyl (C=O) groups excluding carboxylic acids is 3. The third-order valence-corrected chi connectivity index (χ3v) is 9.69. The highest BCUT2D eigenvalue weighted by atomic mass is 32.2. The standard InChI is InChI=1S/C27H46N4O11S/c1-16(32)15-43-21(27(38)42-14-20-26(37)24(35)18(12-40-20)31-8-4-29-5-9-31)10-22(33)41-13-19-25(36)23(34)17(11-39-19)30-6-2-28-3-7-30/h17-21,23-26,28-29,34-37H,2-15H2,1H3/t17-,18-,19-,20?,21?,23-,24-,25+,26+/m1/s1. The van der Waals surface area contributed by atoms with E-state index in [2.05, 4.69) is 20.4 Å². The van der Waals surface area contributed by atoms with Gasteiger partial charge in [-0.2, -0.15) is 0 Å². The third-order valence-electron chi connectivity index (χ3n) is 8.35. The molecule has 0 aromatic rings. The predicted octanol–water partition coefficient (Wildman–Crippen LogP) is -4.06. The molecule has 4 fully saturated rings. The van der Waals surface area contributed by atoms with Gasteiger partial charge in [0.2, 0.25) is 0 Å². The second kappa shape index (κ2) is 16.7. The molecule has 0 saturated carbocycles. The number of Topliss-reactive ketones (excluding diaryl/α,β-unsaturated/α-hetero) is 1. The summed E-state index contributed by atoms with van der Waals surface area (Å²) in [6, 6.07) is -0.745. The Labute approximate surface area is 255 Å². The van der Waals surface area contributed by atoms with Gasteiger partial charge in [0.15, 0.2) is 0 Å². The molecule has 15 nitrogen and oxygen atoms in total. The van der Waals surface area contributed by atoms with Crippen molar-refractivity contribution in [2.24, 2.45) is 0 Å². The number of ketones is 1. The van der Waals surface area contributed by atoms with Gasteiger partial charge in [-0.15, -0.1) is 11.8 Å². The topological polar surface area (TPSA) is 200 Å². The summed E-state index contributed by atoms with van der Waals surface area (Å²) in [6.07, 6.45) is -7.01. The fourth-order valence-electron chi connectivity index (χ4n) is 5.77. The molecule has 4 aliphatic heterocycles. The molecule has 43 heavy (non-hydrogen) atoms. The number of nitrogens with one attached hydrogen (secondary N) is 2. The lowest BCUT2D eigenvalue weighted by atomic mass is 9.96. The molecule has 9 atom stereocenters. The highest BCUT2D eigenvalue weighted by Crippen LogP contribution is 2.24. The molecule has 246 valence electrons. The molecule has 0 spiro atoms. The molecule has 0 radical (unpaired) electrons. The minimum Gasteiger partial charge on any atom is -0.463 e. The van der Waals surface area contributed by atoms with Crippen LogP contribution >= 0.6 is 11.8 Å². The third kappa shape index (κ3) is 9.53. The molecule has 0 amide bonds. The fraction of sp³-hybridized carbons (Fsp3) is 0.889. The van der Waals surface area contributed by atoms with Crippen molar-refractivity contribution in [1.82, 2.24) is 20.4 Å². The Morgan fingerprint density at radius 3 is 1.72 bits per heavy atom. The van der Waals surface area contributed by atoms with Crippen LogP contribution in [0.5, 0.6) is 0 Å². The lowest BCUT2D eigenvalue weighted by Gasteiger charge is -2.44. The molecule has 0 bridgehead atoms. The van der Waals surface area contributed by atoms with Gasteiger partial charge < -0.3 is 50.0 Å². The van der Waals surface area contributed by atoms with Crippen LogP contribution in [-0.4, -0.2) is 186 Å². The maximum atomic E-state index is 12.9. The van der Waals surface area contributed by atoms with Gasteiger partial charge in [-0.25, -0.2) is 0 Å². The SMILES string of the molecule is CC(=O)CSC(CC(=O)OC[C@H]1OC[C@@H](N2CCNCC2)[C@@H](O)[C@H]1O)C(=O)OCC1OC[C@@H](N2CCNCC2)[C@@H](O)[C@H]1O. The first-order valence-corrected chi connectivity index (χ1v) is 16.0. The molecule has 0 aromatic carbocycles. The lowest BCUT2D eigenvalue weighted by Crippen LogP contribution is -2.62. The van der Waals surface area contributed by atoms with Gasteiger partial charge in [0.25, 0.3) is 0 Å². The summed E-state index contributed by atoms with van der Waals surface area (Å²) in [7, 11) is 0. The normalized spacial score (nSPS) is 35.2. The maximum Gasteiger partial charge on any atom is 0.319 e. The molecular weight excluding hydrogens is 588 g/mol. The molecule has 2 unspecified atom stereocenters. The van der Waals surface area contributed by atoms with E-state index in [0.29, 0.717) is 13.1 Å². The molecular formula is C27H46N4O11S. The molecule has 4 saturated heterocycles. The summed E-state index contributed by atoms with van der Waals surface area (Å²) < 4.78 is 22.1. The van der Waals surface area contributed by atoms with E-state index in [1.54, 1.807) is 0 Å². The van der Waals surface area contributed by atoms with Crippen molar-refractivity contribution in [2.45, 2.75) is 67.3 Å². The van der Waals surface area contributed by atoms with E-state index in [9.17, 15) is 34.8 Å². The van der Waals surface area contributed by atoms with Gasteiger partial charge in [-0.05, 0) is 6.92 Å². The second-order valence-corrected chi connectivity index (χ2v) is 12.6. The van der Waals surface area contributed by atoms with Crippen LogP contribution in [0.3, 0.4) is 0 Å². The number of thioether (sulfide) groups is 1. The average Bonchev–Trinajstić information content (AvgIpc) is 3.01. The summed E-state index contributed by atoms with van der Waals surface area (Å²) >= 11 is 0.930. The number of rotatable bonds is 12. The van der Waals surface area contributed by atoms with Gasteiger partial charge in [-0.3, -0.25) is 24.2 Å². The first kappa shape index (κ1) is 34.4. The number of aliphatic hydroxyl groups excluding tert-OH is 4. The van der Waals surface area contributed by atoms with E-state index in [-0.39, 0.29) is 50.0 Å². The van der Waals surface area contributed by atoms with Crippen molar-refractivity contribution in [3.05, 3.63) is 0 Å². The Bertz CT molecular complexity index is 923. The van der Waals surface area contributed by atoms with E-state index in [1.807, 2.05) is 0 Å². The van der Waals surface area contributed by atoms with Crippen LogP contribution in [0, 0.1) is 0 Å². The van der Waals surface area contributed by atoms with Crippen LogP contribution in [0.15, 0.2) is 0 Å². The van der Waals surface area contributed by atoms with Crippen LogP contribution in [0.25, 0.3) is 0 Å². The number of piperazine rings is 2. The number of hydrogen-bond donors (Lipinski definition) is 6. The zero-order valence-electron chi connectivity index (χ0n) is 24.5. The summed E-state index contributed by atoms with van der Waals surface area (Å²) in [4.78, 5) is 41.3. The molecule has 6 N–H and O–H groups in total. The maximum absolute atomic E-state index is 12.9. The zero-order valence-corrected chi connectivity index (χ0v) is 25.4. The minimum absolute atomic E-state index is 0.0370. The van der Waals surface area contributed by atoms with E-state index < -0.39 is 60.2 Å². The largest absolute Gasteiger partial charge is 0.463 e. The molecule has 4 heterocycles. The van der Waals surface area contributed by atoms with Crippen molar-refractivity contribution in [2.75, 3.05) is 84.5 Å². The molecule has 0 aromatic heterocycles. The molecule has 0 aliphatic carbocycles. The van der Waals surface area contributed by atoms with Crippen molar-refractivity contribution >= 4 is 29.5 Å². The van der Waals surface area contributed by atoms with E-state index in [4.69, 9.17) is 18.9 Å². The quantitative estimate of drug-likeness (QED) is 0.113. The van der Waals surface area contributed by atoms with Gasteiger partial charge in [0, 0.05) is 52.4 Å². The lowest BCUT2D eigenvalue weighted by molar-refractivity contribution is -0.192. The summed E-state index contributed by atoms with van der Waals surface area (Å²) in [5.74, 6) is -1.79. The van der Waals surface area contributed by atoms with Gasteiger partial charge in [0.1, 0.15) is 60.9 Å². The summed E-state index contributed by atoms with van der Waals surface area (Å²) in [6.45, 7) is 6.99. The van der Waals surface area contributed by atoms with Crippen LogP contribution in [0.1, 0.15) is 13.3 Å². The number of nitrogens with zero attached hydrogens (tertiary/aromatic N) is 2. The van der Waals surface area contributed by atoms with Crippen LogP contribution in [0.2, 0.25) is 0 Å². The zero-order chi connectivity index (χ0) is 30.9. The Balaban J connectivity index is 1.24. The molecule has 4 aliphatic rings. The van der Waals surface area contributed by atoms with Gasteiger partial charge in [-0.1, -0.05) is 0 Å². The average molecular weight is 635 g/mol. The molecule has 16 heteroatoms. The van der Waals surface area contributed by atoms with Crippen molar-refractivity contribution in [1.29, 1.82) is 0 Å².